The average Bonchev–Trinajstić information content (AvgIpc) is 2.77. The fraction of sp³-hybridized carbons (Fsp3) is 0.381. The molecule has 154 valence electrons. The molecule has 0 aromatic heterocycles. The van der Waals surface area contributed by atoms with Crippen LogP contribution in [-0.2, 0) is 11.3 Å². The number of guanidine groups is 1. The van der Waals surface area contributed by atoms with Gasteiger partial charge in [0.05, 0.1) is 18.1 Å². The van der Waals surface area contributed by atoms with Gasteiger partial charge in [-0.1, -0.05) is 30.3 Å². The molecule has 1 aliphatic rings. The minimum absolute atomic E-state index is 0.0909. The van der Waals surface area contributed by atoms with Gasteiger partial charge in [-0.15, -0.1) is 0 Å². The molecule has 0 bridgehead atoms. The van der Waals surface area contributed by atoms with Crippen LogP contribution in [0.5, 0.6) is 0 Å². The number of hydrogen-bond donors (Lipinski definition) is 1. The highest BCUT2D eigenvalue weighted by molar-refractivity contribution is 5.80. The lowest BCUT2D eigenvalue weighted by molar-refractivity contribution is -0.384. The molecule has 29 heavy (non-hydrogen) atoms. The molecule has 1 saturated heterocycles. The average molecular weight is 397 g/mol. The van der Waals surface area contributed by atoms with Gasteiger partial charge in [0, 0.05) is 57.7 Å². The van der Waals surface area contributed by atoms with E-state index in [1.165, 1.54) is 17.8 Å². The fourth-order valence-electron chi connectivity index (χ4n) is 3.24. The number of non-ortho nitro benzene ring substituents is 1. The highest BCUT2D eigenvalue weighted by Gasteiger charge is 2.20. The van der Waals surface area contributed by atoms with Gasteiger partial charge < -0.3 is 19.9 Å². The zero-order valence-electron chi connectivity index (χ0n) is 16.7. The molecule has 1 N–H and O–H groups in total. The summed E-state index contributed by atoms with van der Waals surface area (Å²) in [4.78, 5) is 19.8. The minimum atomic E-state index is -0.392. The summed E-state index contributed by atoms with van der Waals surface area (Å²) in [5.41, 5.74) is 2.27. The van der Waals surface area contributed by atoms with E-state index in [2.05, 4.69) is 39.4 Å². The van der Waals surface area contributed by atoms with Crippen molar-refractivity contribution in [3.63, 3.8) is 0 Å². The number of para-hydroxylation sites is 1. The quantitative estimate of drug-likeness (QED) is 0.254. The number of piperazine rings is 1. The Morgan fingerprint density at radius 1 is 1.10 bits per heavy atom. The summed E-state index contributed by atoms with van der Waals surface area (Å²) < 4.78 is 5.14. The molecule has 1 heterocycles. The van der Waals surface area contributed by atoms with Crippen molar-refractivity contribution in [3.8, 4) is 0 Å². The molecule has 0 saturated carbocycles. The van der Waals surface area contributed by atoms with Crippen LogP contribution in [0.4, 0.5) is 11.4 Å². The van der Waals surface area contributed by atoms with Crippen LogP contribution in [0.25, 0.3) is 0 Å². The number of nitro groups is 1. The molecule has 1 aliphatic heterocycles. The van der Waals surface area contributed by atoms with Crippen molar-refractivity contribution >= 4 is 17.3 Å². The molecular formula is C21H27N5O3. The van der Waals surface area contributed by atoms with Gasteiger partial charge in [0.25, 0.3) is 5.69 Å². The zero-order chi connectivity index (χ0) is 20.5. The predicted molar refractivity (Wildman–Crippen MR) is 114 cm³/mol. The summed E-state index contributed by atoms with van der Waals surface area (Å²) in [6.45, 7) is 5.32. The van der Waals surface area contributed by atoms with E-state index in [4.69, 9.17) is 9.73 Å². The summed E-state index contributed by atoms with van der Waals surface area (Å²) in [7, 11) is 1.67. The Balaban J connectivity index is 1.63. The van der Waals surface area contributed by atoms with E-state index in [1.807, 2.05) is 6.07 Å². The topological polar surface area (TPSA) is 83.2 Å². The number of benzene rings is 2. The van der Waals surface area contributed by atoms with Crippen molar-refractivity contribution in [2.75, 3.05) is 51.3 Å². The standard InChI is InChI=1S/C21H27N5O3/c1-29-16-11-22-21(23-17-18-7-9-20(10-8-18)26(27)28)25-14-12-24(13-15-25)19-5-3-2-4-6-19/h2-10H,11-17H2,1H3,(H,22,23). The lowest BCUT2D eigenvalue weighted by atomic mass is 10.2. The third kappa shape index (κ3) is 5.92. The van der Waals surface area contributed by atoms with Crippen molar-refractivity contribution in [2.45, 2.75) is 6.54 Å². The Kier molecular flexibility index (Phi) is 7.40. The van der Waals surface area contributed by atoms with Gasteiger partial charge in [0.1, 0.15) is 0 Å². The summed E-state index contributed by atoms with van der Waals surface area (Å²) in [6.07, 6.45) is 0. The number of hydrogen-bond acceptors (Lipinski definition) is 5. The molecular weight excluding hydrogens is 370 g/mol. The van der Waals surface area contributed by atoms with Gasteiger partial charge in [0.2, 0.25) is 0 Å². The third-order valence-corrected chi connectivity index (χ3v) is 4.85. The van der Waals surface area contributed by atoms with Gasteiger partial charge in [-0.25, -0.2) is 4.99 Å². The maximum absolute atomic E-state index is 10.8. The SMILES string of the molecule is COCCNC(=NCc1ccc([N+](=O)[O-])cc1)N1CCN(c2ccccc2)CC1. The zero-order valence-corrected chi connectivity index (χ0v) is 16.7. The van der Waals surface area contributed by atoms with Gasteiger partial charge >= 0.3 is 0 Å². The molecule has 3 rings (SSSR count). The first-order chi connectivity index (χ1) is 14.2. The molecule has 0 radical (unpaired) electrons. The van der Waals surface area contributed by atoms with Gasteiger partial charge in [-0.2, -0.15) is 0 Å². The lowest BCUT2D eigenvalue weighted by Crippen LogP contribution is -2.53. The summed E-state index contributed by atoms with van der Waals surface area (Å²) in [5.74, 6) is 0.841. The second kappa shape index (κ2) is 10.4. The van der Waals surface area contributed by atoms with Gasteiger partial charge in [0.15, 0.2) is 5.96 Å². The van der Waals surface area contributed by atoms with Crippen molar-refractivity contribution in [1.29, 1.82) is 0 Å². The molecule has 0 spiro atoms. The minimum Gasteiger partial charge on any atom is -0.383 e. The molecule has 8 nitrogen and oxygen atoms in total. The van der Waals surface area contributed by atoms with Crippen LogP contribution in [0.1, 0.15) is 5.56 Å². The highest BCUT2D eigenvalue weighted by Crippen LogP contribution is 2.16. The Hall–Kier alpha value is -3.13. The van der Waals surface area contributed by atoms with Crippen LogP contribution in [0, 0.1) is 10.1 Å². The molecule has 2 aromatic carbocycles. The van der Waals surface area contributed by atoms with Gasteiger partial charge in [-0.3, -0.25) is 10.1 Å². The first-order valence-corrected chi connectivity index (χ1v) is 9.73. The molecule has 0 amide bonds. The van der Waals surface area contributed by atoms with E-state index in [0.717, 1.165) is 37.7 Å². The smallest absolute Gasteiger partial charge is 0.269 e. The Morgan fingerprint density at radius 2 is 1.79 bits per heavy atom. The van der Waals surface area contributed by atoms with Crippen molar-refractivity contribution in [2.24, 2.45) is 4.99 Å². The molecule has 8 heteroatoms. The van der Waals surface area contributed by atoms with Crippen molar-refractivity contribution < 1.29 is 9.66 Å². The van der Waals surface area contributed by atoms with E-state index in [0.29, 0.717) is 19.7 Å². The summed E-state index contributed by atoms with van der Waals surface area (Å²) in [5, 5.41) is 14.2. The number of nitrogens with zero attached hydrogens (tertiary/aromatic N) is 4. The lowest BCUT2D eigenvalue weighted by Gasteiger charge is -2.37. The first-order valence-electron chi connectivity index (χ1n) is 9.73. The summed E-state index contributed by atoms with van der Waals surface area (Å²) >= 11 is 0. The molecule has 2 aromatic rings. The van der Waals surface area contributed by atoms with Gasteiger partial charge in [-0.05, 0) is 17.7 Å². The largest absolute Gasteiger partial charge is 0.383 e. The van der Waals surface area contributed by atoms with Crippen LogP contribution < -0.4 is 10.2 Å². The number of anilines is 1. The van der Waals surface area contributed by atoms with Crippen LogP contribution in [-0.4, -0.2) is 62.2 Å². The maximum atomic E-state index is 10.8. The third-order valence-electron chi connectivity index (χ3n) is 4.85. The van der Waals surface area contributed by atoms with Crippen LogP contribution in [0.2, 0.25) is 0 Å². The van der Waals surface area contributed by atoms with E-state index < -0.39 is 4.92 Å². The predicted octanol–water partition coefficient (Wildman–Crippen LogP) is 2.51. The molecule has 0 aliphatic carbocycles. The number of rotatable bonds is 7. The number of nitrogens with one attached hydrogen (secondary N) is 1. The second-order valence-electron chi connectivity index (χ2n) is 6.79. The van der Waals surface area contributed by atoms with Crippen LogP contribution in [0.15, 0.2) is 59.6 Å². The molecule has 1 fully saturated rings. The monoisotopic (exact) mass is 397 g/mol. The number of ether oxygens (including phenoxy) is 1. The summed E-state index contributed by atoms with van der Waals surface area (Å²) in [6, 6.07) is 17.0. The van der Waals surface area contributed by atoms with Crippen LogP contribution >= 0.6 is 0 Å². The van der Waals surface area contributed by atoms with E-state index >= 15 is 0 Å². The Morgan fingerprint density at radius 3 is 2.41 bits per heavy atom. The van der Waals surface area contributed by atoms with Crippen LogP contribution in [0.3, 0.4) is 0 Å². The van der Waals surface area contributed by atoms with E-state index in [1.54, 1.807) is 19.2 Å². The molecule has 0 unspecified atom stereocenters. The molecule has 0 atom stereocenters. The number of aliphatic imine (C=N–C) groups is 1. The first kappa shape index (κ1) is 20.6. The number of nitro benzene ring substituents is 1. The van der Waals surface area contributed by atoms with E-state index in [-0.39, 0.29) is 5.69 Å². The Bertz CT molecular complexity index is 803. The van der Waals surface area contributed by atoms with Crippen molar-refractivity contribution in [3.05, 3.63) is 70.3 Å². The number of methoxy groups -OCH3 is 1. The maximum Gasteiger partial charge on any atom is 0.269 e. The Labute approximate surface area is 170 Å². The van der Waals surface area contributed by atoms with Crippen molar-refractivity contribution in [1.82, 2.24) is 10.2 Å². The normalized spacial score (nSPS) is 14.7. The fourth-order valence-corrected chi connectivity index (χ4v) is 3.24. The van der Waals surface area contributed by atoms with E-state index in [9.17, 15) is 10.1 Å². The highest BCUT2D eigenvalue weighted by atomic mass is 16.6. The second-order valence-corrected chi connectivity index (χ2v) is 6.79.